The largest absolute Gasteiger partial charge is 0.335 e. The molecule has 5 nitrogen and oxygen atoms in total. The molecule has 19 heavy (non-hydrogen) atoms. The number of anilines is 1. The number of carbonyl (C=O) groups excluding carboxylic acids is 1. The average molecular weight is 266 g/mol. The molecule has 0 saturated heterocycles. The van der Waals surface area contributed by atoms with Crippen LogP contribution in [0.2, 0.25) is 0 Å². The Morgan fingerprint density at radius 3 is 2.63 bits per heavy atom. The topological polar surface area (TPSA) is 72.9 Å². The summed E-state index contributed by atoms with van der Waals surface area (Å²) in [5, 5.41) is 2.37. The first-order valence-corrected chi connectivity index (χ1v) is 5.58. The van der Waals surface area contributed by atoms with E-state index in [9.17, 15) is 13.6 Å². The molecule has 1 heterocycles. The summed E-state index contributed by atoms with van der Waals surface area (Å²) in [5.74, 6) is -2.06. The van der Waals surface area contributed by atoms with E-state index >= 15 is 0 Å². The van der Waals surface area contributed by atoms with Gasteiger partial charge >= 0.3 is 0 Å². The molecule has 0 aliphatic rings. The molecule has 2 rings (SSSR count). The van der Waals surface area contributed by atoms with Gasteiger partial charge in [-0.3, -0.25) is 4.79 Å². The van der Waals surface area contributed by atoms with Gasteiger partial charge in [0, 0.05) is 31.0 Å². The highest BCUT2D eigenvalue weighted by Crippen LogP contribution is 2.13. The van der Waals surface area contributed by atoms with Gasteiger partial charge in [-0.2, -0.15) is 0 Å². The summed E-state index contributed by atoms with van der Waals surface area (Å²) in [5.41, 5.74) is 5.56. The van der Waals surface area contributed by atoms with E-state index in [0.29, 0.717) is 13.1 Å². The minimum absolute atomic E-state index is 0.0378. The van der Waals surface area contributed by atoms with Crippen LogP contribution in [0.15, 0.2) is 30.7 Å². The number of benzene rings is 1. The van der Waals surface area contributed by atoms with Crippen molar-refractivity contribution >= 4 is 11.6 Å². The monoisotopic (exact) mass is 266 g/mol. The first-order chi connectivity index (χ1) is 9.08. The van der Waals surface area contributed by atoms with Crippen LogP contribution in [0.1, 0.15) is 10.5 Å². The van der Waals surface area contributed by atoms with E-state index in [1.165, 1.54) is 12.5 Å². The summed E-state index contributed by atoms with van der Waals surface area (Å²) in [4.78, 5) is 15.7. The molecule has 0 aliphatic carbocycles. The van der Waals surface area contributed by atoms with Crippen molar-refractivity contribution in [2.75, 3.05) is 11.9 Å². The Balaban J connectivity index is 2.11. The Labute approximate surface area is 108 Å². The molecular formula is C12H12F2N4O. The molecule has 1 aromatic carbocycles. The standard InChI is InChI=1S/C12H12F2N4O/c13-8-3-9(14)5-10(4-8)17-12(19)11-6-18(2-1-15)7-16-11/h3-7H,1-2,15H2,(H,17,19). The van der Waals surface area contributed by atoms with Crippen molar-refractivity contribution in [2.24, 2.45) is 5.73 Å². The quantitative estimate of drug-likeness (QED) is 0.877. The molecule has 2 aromatic rings. The van der Waals surface area contributed by atoms with Crippen LogP contribution in [0, 0.1) is 11.6 Å². The van der Waals surface area contributed by atoms with Gasteiger partial charge in [0.1, 0.15) is 17.3 Å². The van der Waals surface area contributed by atoms with E-state index < -0.39 is 17.5 Å². The van der Waals surface area contributed by atoms with Gasteiger partial charge in [0.25, 0.3) is 5.91 Å². The van der Waals surface area contributed by atoms with Gasteiger partial charge < -0.3 is 15.6 Å². The Morgan fingerprint density at radius 2 is 2.00 bits per heavy atom. The summed E-state index contributed by atoms with van der Waals surface area (Å²) >= 11 is 0. The summed E-state index contributed by atoms with van der Waals surface area (Å²) in [6.45, 7) is 0.960. The number of carbonyl (C=O) groups is 1. The highest BCUT2D eigenvalue weighted by molar-refractivity contribution is 6.02. The molecule has 3 N–H and O–H groups in total. The fraction of sp³-hybridized carbons (Fsp3) is 0.167. The second-order valence-corrected chi connectivity index (χ2v) is 3.90. The lowest BCUT2D eigenvalue weighted by atomic mass is 10.3. The predicted octanol–water partition coefficient (Wildman–Crippen LogP) is 1.37. The van der Waals surface area contributed by atoms with Gasteiger partial charge in [0.05, 0.1) is 6.33 Å². The van der Waals surface area contributed by atoms with Crippen LogP contribution < -0.4 is 11.1 Å². The smallest absolute Gasteiger partial charge is 0.275 e. The van der Waals surface area contributed by atoms with Crippen LogP contribution in [0.3, 0.4) is 0 Å². The van der Waals surface area contributed by atoms with Gasteiger partial charge in [0.15, 0.2) is 0 Å². The van der Waals surface area contributed by atoms with Crippen molar-refractivity contribution in [1.82, 2.24) is 9.55 Å². The molecule has 0 atom stereocenters. The van der Waals surface area contributed by atoms with Crippen LogP contribution >= 0.6 is 0 Å². The molecule has 0 bridgehead atoms. The van der Waals surface area contributed by atoms with Gasteiger partial charge in [-0.25, -0.2) is 13.8 Å². The maximum Gasteiger partial charge on any atom is 0.275 e. The van der Waals surface area contributed by atoms with Crippen molar-refractivity contribution in [3.05, 3.63) is 48.1 Å². The summed E-state index contributed by atoms with van der Waals surface area (Å²) in [6.07, 6.45) is 2.98. The molecule has 1 amide bonds. The zero-order chi connectivity index (χ0) is 13.8. The fourth-order valence-electron chi connectivity index (χ4n) is 1.57. The third-order valence-electron chi connectivity index (χ3n) is 2.37. The minimum Gasteiger partial charge on any atom is -0.335 e. The van der Waals surface area contributed by atoms with E-state index in [1.54, 1.807) is 4.57 Å². The normalized spacial score (nSPS) is 10.5. The number of nitrogens with zero attached hydrogens (tertiary/aromatic N) is 2. The van der Waals surface area contributed by atoms with Gasteiger partial charge in [-0.15, -0.1) is 0 Å². The van der Waals surface area contributed by atoms with E-state index in [4.69, 9.17) is 5.73 Å². The van der Waals surface area contributed by atoms with Crippen molar-refractivity contribution in [2.45, 2.75) is 6.54 Å². The van der Waals surface area contributed by atoms with E-state index in [-0.39, 0.29) is 11.4 Å². The fourth-order valence-corrected chi connectivity index (χ4v) is 1.57. The van der Waals surface area contributed by atoms with Gasteiger partial charge in [-0.05, 0) is 12.1 Å². The Morgan fingerprint density at radius 1 is 1.32 bits per heavy atom. The molecular weight excluding hydrogens is 254 g/mol. The molecule has 0 aliphatic heterocycles. The third-order valence-corrected chi connectivity index (χ3v) is 2.37. The highest BCUT2D eigenvalue weighted by atomic mass is 19.1. The SMILES string of the molecule is NCCn1cnc(C(=O)Nc2cc(F)cc(F)c2)c1. The van der Waals surface area contributed by atoms with E-state index in [2.05, 4.69) is 10.3 Å². The molecule has 7 heteroatoms. The second-order valence-electron chi connectivity index (χ2n) is 3.90. The number of halogens is 2. The van der Waals surface area contributed by atoms with Crippen molar-refractivity contribution in [1.29, 1.82) is 0 Å². The van der Waals surface area contributed by atoms with Crippen molar-refractivity contribution in [3.63, 3.8) is 0 Å². The maximum atomic E-state index is 13.0. The average Bonchev–Trinajstić information content (AvgIpc) is 2.76. The highest BCUT2D eigenvalue weighted by Gasteiger charge is 2.10. The molecule has 100 valence electrons. The lowest BCUT2D eigenvalue weighted by molar-refractivity contribution is 0.102. The molecule has 0 unspecified atom stereocenters. The van der Waals surface area contributed by atoms with Crippen LogP contribution in [0.25, 0.3) is 0 Å². The number of rotatable bonds is 4. The number of nitrogens with one attached hydrogen (secondary N) is 1. The molecule has 0 spiro atoms. The molecule has 0 saturated carbocycles. The van der Waals surface area contributed by atoms with Gasteiger partial charge in [-0.1, -0.05) is 0 Å². The molecule has 1 aromatic heterocycles. The van der Waals surface area contributed by atoms with E-state index in [1.807, 2.05) is 0 Å². The summed E-state index contributed by atoms with van der Waals surface area (Å²) in [7, 11) is 0. The van der Waals surface area contributed by atoms with Crippen LogP contribution in [0.5, 0.6) is 0 Å². The first-order valence-electron chi connectivity index (χ1n) is 5.58. The molecule has 0 fully saturated rings. The number of hydrogen-bond acceptors (Lipinski definition) is 3. The van der Waals surface area contributed by atoms with Crippen LogP contribution in [-0.4, -0.2) is 22.0 Å². The zero-order valence-electron chi connectivity index (χ0n) is 9.94. The third kappa shape index (κ3) is 3.35. The second kappa shape index (κ2) is 5.57. The predicted molar refractivity (Wildman–Crippen MR) is 65.6 cm³/mol. The Bertz CT molecular complexity index is 577. The Kier molecular flexibility index (Phi) is 3.86. The lowest BCUT2D eigenvalue weighted by Gasteiger charge is -2.03. The Hall–Kier alpha value is -2.28. The van der Waals surface area contributed by atoms with Crippen LogP contribution in [-0.2, 0) is 6.54 Å². The maximum absolute atomic E-state index is 13.0. The number of hydrogen-bond donors (Lipinski definition) is 2. The molecule has 0 radical (unpaired) electrons. The minimum atomic E-state index is -0.760. The summed E-state index contributed by atoms with van der Waals surface area (Å²) in [6, 6.07) is 2.78. The van der Waals surface area contributed by atoms with Crippen molar-refractivity contribution < 1.29 is 13.6 Å². The van der Waals surface area contributed by atoms with Crippen molar-refractivity contribution in [3.8, 4) is 0 Å². The van der Waals surface area contributed by atoms with E-state index in [0.717, 1.165) is 18.2 Å². The number of imidazole rings is 1. The zero-order valence-corrected chi connectivity index (χ0v) is 9.94. The lowest BCUT2D eigenvalue weighted by Crippen LogP contribution is -2.13. The van der Waals surface area contributed by atoms with Crippen LogP contribution in [0.4, 0.5) is 14.5 Å². The first kappa shape index (κ1) is 13.2. The number of nitrogens with two attached hydrogens (primary N) is 1. The van der Waals surface area contributed by atoms with Gasteiger partial charge in [0.2, 0.25) is 0 Å². The summed E-state index contributed by atoms with van der Waals surface area (Å²) < 4.78 is 27.6. The number of aromatic nitrogens is 2. The number of amides is 1.